The van der Waals surface area contributed by atoms with Crippen LogP contribution in [0.25, 0.3) is 5.57 Å². The molecule has 0 amide bonds. The number of carboxylic acids is 1. The van der Waals surface area contributed by atoms with Crippen molar-refractivity contribution < 1.29 is 150 Å². The second-order valence-corrected chi connectivity index (χ2v) is 20.2. The van der Waals surface area contributed by atoms with Crippen molar-refractivity contribution in [1.29, 1.82) is 0 Å². The number of hydrogen-bond donors (Lipinski definition) is 1. The van der Waals surface area contributed by atoms with Crippen molar-refractivity contribution in [3.05, 3.63) is 136 Å². The summed E-state index contributed by atoms with van der Waals surface area (Å²) in [6.07, 6.45) is 11.2. The monoisotopic (exact) mass is 1010 g/mol. The number of fused-ring (bicyclic) bond motifs is 2. The molecule has 0 aromatic heterocycles. The van der Waals surface area contributed by atoms with Crippen LogP contribution in [0.15, 0.2) is 94.6 Å². The molecule has 0 unspecified atom stereocenters. The number of carboxylic acid groups (broad SMARTS) is 1. The SMILES string of the molecule is O=S(=O)=O.[CH2-]CCCN1C(=CC=C2CCCC(C=CC3=[N+](CCCCS(=O)(=O)[O-])c4ccc(S(=O)(=O)[O-])cc4C3(C)C)=C2c2ccc(C(=O)O)c(F)c2F)C(C)(C)c2cc(C)ccc21.[Na+].[Na+].[Na+]. The van der Waals surface area contributed by atoms with Gasteiger partial charge in [-0.05, 0) is 99.1 Å². The largest absolute Gasteiger partial charge is 1.00 e. The van der Waals surface area contributed by atoms with Crippen molar-refractivity contribution in [2.75, 3.05) is 23.7 Å². The first-order chi connectivity index (χ1) is 29.8. The molecule has 21 heteroatoms. The summed E-state index contributed by atoms with van der Waals surface area (Å²) >= 11 is 0. The van der Waals surface area contributed by atoms with Crippen LogP contribution in [0.3, 0.4) is 0 Å². The van der Waals surface area contributed by atoms with Crippen LogP contribution in [0.4, 0.5) is 20.2 Å². The van der Waals surface area contributed by atoms with Gasteiger partial charge in [0.2, 0.25) is 5.69 Å². The molecule has 0 fully saturated rings. The maximum Gasteiger partial charge on any atom is 1.00 e. The molecular weight excluding hydrogens is 960 g/mol. The molecule has 0 spiro atoms. The van der Waals surface area contributed by atoms with E-state index in [9.17, 15) is 35.8 Å². The molecule has 0 bridgehead atoms. The average Bonchev–Trinajstić information content (AvgIpc) is 3.54. The van der Waals surface area contributed by atoms with Crippen LogP contribution in [-0.4, -0.2) is 78.8 Å². The maximum atomic E-state index is 16.2. The van der Waals surface area contributed by atoms with Crippen LogP contribution in [0.5, 0.6) is 0 Å². The average molecular weight is 1010 g/mol. The van der Waals surface area contributed by atoms with Crippen molar-refractivity contribution in [1.82, 2.24) is 0 Å². The molecule has 1 N–H and O–H groups in total. The third-order valence-corrected chi connectivity index (χ3v) is 13.5. The van der Waals surface area contributed by atoms with Crippen LogP contribution in [0, 0.1) is 25.5 Å². The van der Waals surface area contributed by atoms with E-state index in [0.29, 0.717) is 47.4 Å². The number of rotatable bonds is 14. The zero-order valence-electron chi connectivity index (χ0n) is 39.1. The topological polar surface area (TPSA) is 209 Å². The first-order valence-corrected chi connectivity index (χ1v) is 24.5. The zero-order chi connectivity index (χ0) is 47.5. The third kappa shape index (κ3) is 14.3. The Morgan fingerprint density at radius 2 is 1.52 bits per heavy atom. The van der Waals surface area contributed by atoms with E-state index in [1.165, 1.54) is 29.8 Å². The molecule has 0 saturated carbocycles. The molecule has 2 heterocycles. The van der Waals surface area contributed by atoms with E-state index in [0.717, 1.165) is 48.0 Å². The van der Waals surface area contributed by atoms with Crippen molar-refractivity contribution in [2.24, 2.45) is 0 Å². The van der Waals surface area contributed by atoms with Gasteiger partial charge in [-0.15, -0.1) is 12.6 Å². The summed E-state index contributed by atoms with van der Waals surface area (Å²) in [4.78, 5) is 13.7. The minimum Gasteiger partial charge on any atom is -0.748 e. The molecule has 2 aliphatic heterocycles. The molecule has 13 nitrogen and oxygen atoms in total. The maximum absolute atomic E-state index is 16.2. The van der Waals surface area contributed by atoms with Crippen LogP contribution in [0.1, 0.15) is 105 Å². The van der Waals surface area contributed by atoms with Gasteiger partial charge in [-0.3, -0.25) is 0 Å². The van der Waals surface area contributed by atoms with E-state index in [-0.39, 0.29) is 114 Å². The van der Waals surface area contributed by atoms with Gasteiger partial charge in [0, 0.05) is 58.8 Å². The minimum atomic E-state index is -4.81. The number of benzene rings is 3. The summed E-state index contributed by atoms with van der Waals surface area (Å²) in [6.45, 7) is 15.1. The van der Waals surface area contributed by atoms with Crippen LogP contribution in [-0.2, 0) is 41.7 Å². The van der Waals surface area contributed by atoms with Crippen LogP contribution >= 0.6 is 0 Å². The first kappa shape index (κ1) is 61.0. The van der Waals surface area contributed by atoms with Gasteiger partial charge >= 0.3 is 105 Å². The molecular formula is C46H50F2N2Na3O11S3+. The molecule has 0 atom stereocenters. The summed E-state index contributed by atoms with van der Waals surface area (Å²) in [5, 5.41) is 9.60. The first-order valence-electron chi connectivity index (χ1n) is 20.5. The van der Waals surface area contributed by atoms with Gasteiger partial charge < -0.3 is 26.0 Å². The van der Waals surface area contributed by atoms with Gasteiger partial charge in [0.05, 0.1) is 26.0 Å². The summed E-state index contributed by atoms with van der Waals surface area (Å²) in [5.74, 6) is -4.92. The molecule has 3 aromatic rings. The Kier molecular flexibility index (Phi) is 22.6. The van der Waals surface area contributed by atoms with E-state index in [4.69, 9.17) is 12.6 Å². The number of anilines is 1. The van der Waals surface area contributed by atoms with Crippen LogP contribution in [0.2, 0.25) is 0 Å². The van der Waals surface area contributed by atoms with Crippen molar-refractivity contribution >= 4 is 59.5 Å². The number of halogens is 2. The molecule has 3 aromatic carbocycles. The predicted octanol–water partition coefficient (Wildman–Crippen LogP) is -0.999. The predicted molar refractivity (Wildman–Crippen MR) is 236 cm³/mol. The molecule has 344 valence electrons. The molecule has 1 aliphatic carbocycles. The van der Waals surface area contributed by atoms with Gasteiger partial charge in [0.15, 0.2) is 17.3 Å². The Hall–Kier alpha value is -2.14. The summed E-state index contributed by atoms with van der Waals surface area (Å²) in [7, 11) is -12.4. The standard InChI is InChI=1S/C46H52F2N2O8S2.3Na.O3S/c1-7-8-24-49-37-20-14-29(2)27-35(37)45(3,4)39(49)22-15-30-12-11-13-31(41(30)33-18-19-34(44(51)52)43(48)42(33)47)16-23-40-46(5,6)36-28-32(60(56,57)58)17-21-38(36)50(40)25-9-10-26-59(53,54)55;;;;1-4(2)3/h14-23,27-28H,1,7-13,24-26H2,2-6H3,(H,51,52)(H,53,54,55)(H,56,57,58);;;;/q;3*+1;/p-2. The summed E-state index contributed by atoms with van der Waals surface area (Å²) < 4.78 is 129. The molecule has 0 radical (unpaired) electrons. The Labute approximate surface area is 460 Å². The van der Waals surface area contributed by atoms with Gasteiger partial charge in [-0.2, -0.15) is 11.0 Å². The Bertz CT molecular complexity index is 2890. The van der Waals surface area contributed by atoms with E-state index in [1.54, 1.807) is 6.08 Å². The number of allylic oxidation sites excluding steroid dienone is 8. The molecule has 0 saturated heterocycles. The van der Waals surface area contributed by atoms with Gasteiger partial charge in [0.25, 0.3) is 0 Å². The second kappa shape index (κ2) is 24.8. The van der Waals surface area contributed by atoms with E-state index < -0.39 is 75.5 Å². The number of carbonyl (C=O) groups is 1. The van der Waals surface area contributed by atoms with Crippen molar-refractivity contribution in [3.63, 3.8) is 0 Å². The number of nitrogens with zero attached hydrogens (tertiary/aromatic N) is 2. The Morgan fingerprint density at radius 1 is 0.866 bits per heavy atom. The molecule has 3 aliphatic rings. The van der Waals surface area contributed by atoms with E-state index in [2.05, 4.69) is 50.8 Å². The second-order valence-electron chi connectivity index (χ2n) is 16.9. The fraction of sp³-hybridized carbons (Fsp3) is 0.370. The number of aromatic carboxylic acids is 1. The van der Waals surface area contributed by atoms with Crippen molar-refractivity contribution in [3.8, 4) is 0 Å². The Morgan fingerprint density at radius 3 is 2.12 bits per heavy atom. The Balaban J connectivity index is 0.00000212. The van der Waals surface area contributed by atoms with Crippen LogP contribution < -0.4 is 93.6 Å². The normalized spacial score (nSPS) is 17.3. The van der Waals surface area contributed by atoms with E-state index >= 15 is 8.78 Å². The van der Waals surface area contributed by atoms with Gasteiger partial charge in [0.1, 0.15) is 16.7 Å². The van der Waals surface area contributed by atoms with E-state index in [1.807, 2.05) is 36.7 Å². The number of unbranched alkanes of at least 4 members (excludes halogenated alkanes) is 2. The van der Waals surface area contributed by atoms with Gasteiger partial charge in [-0.1, -0.05) is 56.2 Å². The molecule has 6 rings (SSSR count). The quantitative estimate of drug-likeness (QED) is 0.0679. The zero-order valence-corrected chi connectivity index (χ0v) is 47.6. The third-order valence-electron chi connectivity index (χ3n) is 11.9. The number of aryl methyl sites for hydroxylation is 1. The van der Waals surface area contributed by atoms with Gasteiger partial charge in [-0.25, -0.2) is 30.4 Å². The summed E-state index contributed by atoms with van der Waals surface area (Å²) in [6, 6.07) is 12.8. The van der Waals surface area contributed by atoms with Crippen molar-refractivity contribution in [2.45, 2.75) is 95.3 Å². The molecule has 67 heavy (non-hydrogen) atoms. The number of hydrogen-bond acceptors (Lipinski definition) is 11. The smallest absolute Gasteiger partial charge is 0.748 e. The fourth-order valence-electron chi connectivity index (χ4n) is 8.77. The minimum absolute atomic E-state index is 0. The summed E-state index contributed by atoms with van der Waals surface area (Å²) in [5.41, 5.74) is 5.82. The fourth-order valence-corrected chi connectivity index (χ4v) is 9.83.